The first-order valence-corrected chi connectivity index (χ1v) is 6.33. The Bertz CT molecular complexity index is 233. The van der Waals surface area contributed by atoms with Gasteiger partial charge in [0.05, 0.1) is 5.31 Å². The standard InChI is InChI=1S/C10H19N2P/c1-11(2)13(5,12(3)4)10-8-6-7-9-10/h6-8H,5,9H2,1-4H3. The zero-order valence-electron chi connectivity index (χ0n) is 8.99. The molecule has 0 saturated carbocycles. The van der Waals surface area contributed by atoms with E-state index in [9.17, 15) is 0 Å². The van der Waals surface area contributed by atoms with Crippen LogP contribution in [-0.2, 0) is 0 Å². The zero-order chi connectivity index (χ0) is 10.1. The van der Waals surface area contributed by atoms with Crippen LogP contribution in [0.5, 0.6) is 0 Å². The normalized spacial score (nSPS) is 17.3. The highest BCUT2D eigenvalue weighted by molar-refractivity contribution is 7.76. The van der Waals surface area contributed by atoms with E-state index in [2.05, 4.69) is 62.4 Å². The van der Waals surface area contributed by atoms with Crippen LogP contribution in [0.4, 0.5) is 0 Å². The largest absolute Gasteiger partial charge is 0.193 e. The van der Waals surface area contributed by atoms with Crippen LogP contribution in [0.25, 0.3) is 0 Å². The molecule has 0 aromatic rings. The van der Waals surface area contributed by atoms with Crippen LogP contribution in [0.1, 0.15) is 6.42 Å². The highest BCUT2D eigenvalue weighted by Crippen LogP contribution is 2.68. The number of hydrogen-bond donors (Lipinski definition) is 0. The molecular formula is C10H19N2P. The summed E-state index contributed by atoms with van der Waals surface area (Å²) in [4.78, 5) is 0. The Morgan fingerprint density at radius 2 is 1.77 bits per heavy atom. The quantitative estimate of drug-likeness (QED) is 0.508. The maximum Gasteiger partial charge on any atom is 0.0806 e. The van der Waals surface area contributed by atoms with Gasteiger partial charge in [-0.2, -0.15) is 9.34 Å². The lowest BCUT2D eigenvalue weighted by atomic mass is 10.5. The van der Waals surface area contributed by atoms with Gasteiger partial charge in [0.15, 0.2) is 0 Å². The summed E-state index contributed by atoms with van der Waals surface area (Å²) in [5, 5.41) is 1.46. The molecule has 0 bridgehead atoms. The molecule has 13 heavy (non-hydrogen) atoms. The van der Waals surface area contributed by atoms with E-state index in [1.165, 1.54) is 5.31 Å². The molecule has 1 aliphatic carbocycles. The molecule has 0 spiro atoms. The molecule has 0 amide bonds. The molecule has 0 aromatic carbocycles. The van der Waals surface area contributed by atoms with E-state index in [0.29, 0.717) is 0 Å². The number of rotatable bonds is 3. The minimum Gasteiger partial charge on any atom is -0.193 e. The van der Waals surface area contributed by atoms with Gasteiger partial charge in [0.1, 0.15) is 0 Å². The fourth-order valence-corrected chi connectivity index (χ4v) is 4.04. The molecule has 0 aliphatic heterocycles. The molecule has 0 fully saturated rings. The molecule has 0 saturated heterocycles. The molecule has 0 atom stereocenters. The van der Waals surface area contributed by atoms with E-state index in [1.807, 2.05) is 0 Å². The second-order valence-corrected chi connectivity index (χ2v) is 7.35. The smallest absolute Gasteiger partial charge is 0.0806 e. The van der Waals surface area contributed by atoms with Crippen LogP contribution < -0.4 is 0 Å². The molecule has 3 heteroatoms. The van der Waals surface area contributed by atoms with Crippen molar-refractivity contribution in [2.45, 2.75) is 6.42 Å². The van der Waals surface area contributed by atoms with Crippen molar-refractivity contribution in [1.29, 1.82) is 0 Å². The minimum absolute atomic E-state index is 1.06. The van der Waals surface area contributed by atoms with E-state index in [0.717, 1.165) is 6.42 Å². The van der Waals surface area contributed by atoms with Crippen molar-refractivity contribution in [3.63, 3.8) is 0 Å². The fraction of sp³-hybridized carbons (Fsp3) is 0.500. The van der Waals surface area contributed by atoms with Gasteiger partial charge in [-0.25, -0.2) is 0 Å². The Morgan fingerprint density at radius 1 is 1.23 bits per heavy atom. The summed E-state index contributed by atoms with van der Waals surface area (Å²) >= 11 is 0. The van der Waals surface area contributed by atoms with Crippen molar-refractivity contribution in [2.75, 3.05) is 28.2 Å². The molecule has 0 N–H and O–H groups in total. The first kappa shape index (κ1) is 10.9. The van der Waals surface area contributed by atoms with E-state index in [4.69, 9.17) is 0 Å². The van der Waals surface area contributed by atoms with E-state index >= 15 is 0 Å². The molecule has 1 rings (SSSR count). The van der Waals surface area contributed by atoms with Crippen LogP contribution in [0.2, 0.25) is 0 Å². The lowest BCUT2D eigenvalue weighted by Gasteiger charge is -2.40. The molecule has 0 radical (unpaired) electrons. The molecule has 1 aliphatic rings. The Kier molecular flexibility index (Phi) is 3.28. The maximum atomic E-state index is 4.41. The molecular weight excluding hydrogens is 179 g/mol. The first-order valence-electron chi connectivity index (χ1n) is 4.45. The van der Waals surface area contributed by atoms with Crippen LogP contribution in [0.15, 0.2) is 23.5 Å². The summed E-state index contributed by atoms with van der Waals surface area (Å²) in [7, 11) is 7.00. The van der Waals surface area contributed by atoms with Gasteiger partial charge < -0.3 is 0 Å². The molecule has 0 heterocycles. The Balaban J connectivity index is 2.91. The lowest BCUT2D eigenvalue weighted by Crippen LogP contribution is -2.25. The van der Waals surface area contributed by atoms with Crippen molar-refractivity contribution in [2.24, 2.45) is 0 Å². The monoisotopic (exact) mass is 198 g/mol. The van der Waals surface area contributed by atoms with Crippen LogP contribution in [0.3, 0.4) is 0 Å². The highest BCUT2D eigenvalue weighted by atomic mass is 31.2. The van der Waals surface area contributed by atoms with Crippen LogP contribution >= 0.6 is 7.56 Å². The van der Waals surface area contributed by atoms with Gasteiger partial charge >= 0.3 is 0 Å². The van der Waals surface area contributed by atoms with Gasteiger partial charge in [-0.1, -0.05) is 12.2 Å². The van der Waals surface area contributed by atoms with Crippen molar-refractivity contribution in [1.82, 2.24) is 9.34 Å². The van der Waals surface area contributed by atoms with Gasteiger partial charge in [-0.3, -0.25) is 0 Å². The third-order valence-electron chi connectivity index (χ3n) is 2.54. The van der Waals surface area contributed by atoms with Gasteiger partial charge in [-0.15, -0.1) is 6.66 Å². The van der Waals surface area contributed by atoms with E-state index < -0.39 is 7.56 Å². The first-order chi connectivity index (χ1) is 5.99. The van der Waals surface area contributed by atoms with Crippen LogP contribution in [0, 0.1) is 6.66 Å². The SMILES string of the molecule is [CH2-][P+](C1=CC=CC1)(N(C)C)N(C)C. The van der Waals surface area contributed by atoms with Gasteiger partial charge in [0, 0.05) is 42.2 Å². The Morgan fingerprint density at radius 3 is 2.08 bits per heavy atom. The second kappa shape index (κ2) is 3.91. The predicted molar refractivity (Wildman–Crippen MR) is 61.5 cm³/mol. The van der Waals surface area contributed by atoms with Gasteiger partial charge in [0.25, 0.3) is 0 Å². The summed E-state index contributed by atoms with van der Waals surface area (Å²) in [5.41, 5.74) is 0. The van der Waals surface area contributed by atoms with Gasteiger partial charge in [-0.05, 0) is 6.08 Å². The van der Waals surface area contributed by atoms with Crippen molar-refractivity contribution < 1.29 is 0 Å². The number of nitrogens with zero attached hydrogens (tertiary/aromatic N) is 2. The highest BCUT2D eigenvalue weighted by Gasteiger charge is 2.35. The summed E-state index contributed by atoms with van der Waals surface area (Å²) in [5.74, 6) is 0. The Hall–Kier alpha value is -0.170. The molecule has 0 unspecified atom stereocenters. The average Bonchev–Trinajstić information content (AvgIpc) is 2.54. The minimum atomic E-state index is -1.45. The lowest BCUT2D eigenvalue weighted by molar-refractivity contribution is 0.564. The summed E-state index contributed by atoms with van der Waals surface area (Å²) in [6.45, 7) is 4.41. The molecule has 0 aromatic heterocycles. The third kappa shape index (κ3) is 1.85. The maximum absolute atomic E-state index is 4.41. The molecule has 2 nitrogen and oxygen atoms in total. The van der Waals surface area contributed by atoms with E-state index in [1.54, 1.807) is 0 Å². The topological polar surface area (TPSA) is 6.48 Å². The van der Waals surface area contributed by atoms with Crippen molar-refractivity contribution in [3.8, 4) is 0 Å². The average molecular weight is 198 g/mol. The summed E-state index contributed by atoms with van der Waals surface area (Å²) in [6, 6.07) is 0. The van der Waals surface area contributed by atoms with Crippen molar-refractivity contribution in [3.05, 3.63) is 30.2 Å². The van der Waals surface area contributed by atoms with E-state index in [-0.39, 0.29) is 0 Å². The number of hydrogen-bond acceptors (Lipinski definition) is 2. The molecule has 74 valence electrons. The summed E-state index contributed by atoms with van der Waals surface area (Å²) < 4.78 is 4.51. The Labute approximate surface area is 82.4 Å². The van der Waals surface area contributed by atoms with Crippen LogP contribution in [-0.4, -0.2) is 37.5 Å². The summed E-state index contributed by atoms with van der Waals surface area (Å²) in [6.07, 6.45) is 7.60. The second-order valence-electron chi connectivity index (χ2n) is 3.72. The number of allylic oxidation sites excluding steroid dienone is 4. The predicted octanol–water partition coefficient (Wildman–Crippen LogP) is 2.59. The van der Waals surface area contributed by atoms with Crippen molar-refractivity contribution >= 4 is 7.56 Å². The third-order valence-corrected chi connectivity index (χ3v) is 6.43. The fourth-order valence-electron chi connectivity index (χ4n) is 1.57. The van der Waals surface area contributed by atoms with Gasteiger partial charge in [0.2, 0.25) is 0 Å². The zero-order valence-corrected chi connectivity index (χ0v) is 9.88.